The van der Waals surface area contributed by atoms with E-state index in [1.807, 2.05) is 0 Å². The smallest absolute Gasteiger partial charge is 0.371 e. The van der Waals surface area contributed by atoms with Crippen LogP contribution in [0.4, 0.5) is 13.2 Å². The van der Waals surface area contributed by atoms with Crippen molar-refractivity contribution in [3.05, 3.63) is 43.9 Å². The first-order chi connectivity index (χ1) is 8.50. The highest BCUT2D eigenvalue weighted by Crippen LogP contribution is 2.43. The SMILES string of the molecule is CC([N+](=O)[O-])C(O)(c1cc(Cl)cc(Cl)c1)C(F)(F)F. The molecule has 2 unspecified atom stereocenters. The van der Waals surface area contributed by atoms with Gasteiger partial charge in [0.05, 0.1) is 0 Å². The molecule has 106 valence electrons. The molecule has 0 aliphatic heterocycles. The normalized spacial score (nSPS) is 16.8. The zero-order valence-electron chi connectivity index (χ0n) is 9.41. The van der Waals surface area contributed by atoms with Gasteiger partial charge in [-0.1, -0.05) is 23.2 Å². The lowest BCUT2D eigenvalue weighted by molar-refractivity contribution is -0.559. The van der Waals surface area contributed by atoms with Crippen molar-refractivity contribution in [3.8, 4) is 0 Å². The number of alkyl halides is 3. The van der Waals surface area contributed by atoms with Crippen molar-refractivity contribution in [1.29, 1.82) is 0 Å². The molecule has 19 heavy (non-hydrogen) atoms. The van der Waals surface area contributed by atoms with Gasteiger partial charge in [-0.25, -0.2) is 0 Å². The van der Waals surface area contributed by atoms with Crippen molar-refractivity contribution < 1.29 is 23.2 Å². The van der Waals surface area contributed by atoms with Crippen LogP contribution in [0, 0.1) is 10.1 Å². The lowest BCUT2D eigenvalue weighted by Crippen LogP contribution is -2.53. The summed E-state index contributed by atoms with van der Waals surface area (Å²) in [7, 11) is 0. The molecule has 0 saturated carbocycles. The fourth-order valence-electron chi connectivity index (χ4n) is 1.57. The minimum atomic E-state index is -5.26. The van der Waals surface area contributed by atoms with Gasteiger partial charge in [0, 0.05) is 27.5 Å². The maximum atomic E-state index is 13.0. The maximum Gasteiger partial charge on any atom is 0.428 e. The molecule has 1 rings (SSSR count). The molecule has 0 aliphatic carbocycles. The van der Waals surface area contributed by atoms with E-state index in [1.54, 1.807) is 0 Å². The Morgan fingerprint density at radius 2 is 1.68 bits per heavy atom. The second kappa shape index (κ2) is 5.15. The predicted molar refractivity (Wildman–Crippen MR) is 62.9 cm³/mol. The second-order valence-electron chi connectivity index (χ2n) is 3.88. The molecule has 1 aromatic rings. The molecule has 9 heteroatoms. The summed E-state index contributed by atoms with van der Waals surface area (Å²) < 4.78 is 39.1. The minimum Gasteiger partial charge on any atom is -0.371 e. The van der Waals surface area contributed by atoms with Crippen LogP contribution in [0.3, 0.4) is 0 Å². The number of halogens is 5. The van der Waals surface area contributed by atoms with Gasteiger partial charge in [-0.3, -0.25) is 10.1 Å². The highest BCUT2D eigenvalue weighted by atomic mass is 35.5. The lowest BCUT2D eigenvalue weighted by Gasteiger charge is -2.31. The molecule has 0 saturated heterocycles. The largest absolute Gasteiger partial charge is 0.428 e. The monoisotopic (exact) mass is 317 g/mol. The molecule has 0 radical (unpaired) electrons. The fraction of sp³-hybridized carbons (Fsp3) is 0.400. The van der Waals surface area contributed by atoms with Gasteiger partial charge in [0.25, 0.3) is 11.6 Å². The molecular weight excluding hydrogens is 310 g/mol. The Balaban J connectivity index is 3.52. The van der Waals surface area contributed by atoms with Gasteiger partial charge >= 0.3 is 6.18 Å². The zero-order chi connectivity index (χ0) is 15.0. The number of nitro groups is 1. The first-order valence-electron chi connectivity index (χ1n) is 4.89. The standard InChI is InChI=1S/C10H8Cl2F3NO3/c1-5(16(18)19)9(17,10(13,14)15)6-2-7(11)4-8(12)3-6/h2-5,17H,1H3. The summed E-state index contributed by atoms with van der Waals surface area (Å²) in [4.78, 5) is 9.40. The zero-order valence-corrected chi connectivity index (χ0v) is 10.9. The summed E-state index contributed by atoms with van der Waals surface area (Å²) in [6.07, 6.45) is -5.26. The van der Waals surface area contributed by atoms with Crippen LogP contribution in [0.25, 0.3) is 0 Å². The van der Waals surface area contributed by atoms with Gasteiger partial charge in [-0.2, -0.15) is 13.2 Å². The first kappa shape index (κ1) is 16.0. The van der Waals surface area contributed by atoms with Crippen molar-refractivity contribution in [3.63, 3.8) is 0 Å². The number of benzene rings is 1. The summed E-state index contributed by atoms with van der Waals surface area (Å²) in [5.74, 6) is 0. The molecule has 0 spiro atoms. The molecule has 0 aliphatic rings. The highest BCUT2D eigenvalue weighted by Gasteiger charge is 2.63. The number of hydrogen-bond acceptors (Lipinski definition) is 3. The number of nitrogens with zero attached hydrogens (tertiary/aromatic N) is 1. The minimum absolute atomic E-state index is 0.166. The van der Waals surface area contributed by atoms with Crippen LogP contribution in [0.15, 0.2) is 18.2 Å². The van der Waals surface area contributed by atoms with Gasteiger partial charge < -0.3 is 5.11 Å². The molecule has 0 aromatic heterocycles. The van der Waals surface area contributed by atoms with Gasteiger partial charge in [0.15, 0.2) is 0 Å². The second-order valence-corrected chi connectivity index (χ2v) is 4.76. The molecule has 0 fully saturated rings. The Kier molecular flexibility index (Phi) is 4.33. The van der Waals surface area contributed by atoms with Crippen molar-refractivity contribution >= 4 is 23.2 Å². The van der Waals surface area contributed by atoms with Crippen molar-refractivity contribution in [2.24, 2.45) is 0 Å². The van der Waals surface area contributed by atoms with E-state index in [4.69, 9.17) is 23.2 Å². The summed E-state index contributed by atoms with van der Waals surface area (Å²) >= 11 is 11.1. The Bertz CT molecular complexity index is 489. The van der Waals surface area contributed by atoms with Gasteiger partial charge in [0.1, 0.15) is 0 Å². The summed E-state index contributed by atoms with van der Waals surface area (Å²) in [5.41, 5.74) is -4.45. The predicted octanol–water partition coefficient (Wildman–Crippen LogP) is 3.41. The van der Waals surface area contributed by atoms with Crippen LogP contribution >= 0.6 is 23.2 Å². The van der Waals surface area contributed by atoms with Crippen LogP contribution in [-0.2, 0) is 5.60 Å². The average molecular weight is 318 g/mol. The van der Waals surface area contributed by atoms with Crippen LogP contribution in [0.5, 0.6) is 0 Å². The Labute approximate surface area is 115 Å². The molecular formula is C10H8Cl2F3NO3. The molecule has 4 nitrogen and oxygen atoms in total. The van der Waals surface area contributed by atoms with Gasteiger partial charge in [-0.05, 0) is 18.2 Å². The van der Waals surface area contributed by atoms with E-state index in [0.29, 0.717) is 6.92 Å². The van der Waals surface area contributed by atoms with E-state index in [-0.39, 0.29) is 10.0 Å². The molecule has 0 heterocycles. The summed E-state index contributed by atoms with van der Waals surface area (Å²) in [6.45, 7) is 0.655. The summed E-state index contributed by atoms with van der Waals surface area (Å²) in [6, 6.07) is 0.421. The fourth-order valence-corrected chi connectivity index (χ4v) is 2.09. The molecule has 1 aromatic carbocycles. The van der Waals surface area contributed by atoms with Crippen LogP contribution < -0.4 is 0 Å². The van der Waals surface area contributed by atoms with Crippen LogP contribution in [0.1, 0.15) is 12.5 Å². The molecule has 2 atom stereocenters. The number of aliphatic hydroxyl groups is 1. The van der Waals surface area contributed by atoms with Crippen molar-refractivity contribution in [2.45, 2.75) is 24.7 Å². The van der Waals surface area contributed by atoms with E-state index < -0.39 is 28.3 Å². The van der Waals surface area contributed by atoms with Crippen LogP contribution in [0.2, 0.25) is 10.0 Å². The Hall–Kier alpha value is -1.05. The third-order valence-corrected chi connectivity index (χ3v) is 3.09. The van der Waals surface area contributed by atoms with E-state index in [1.165, 1.54) is 0 Å². The third kappa shape index (κ3) is 2.93. The van der Waals surface area contributed by atoms with Gasteiger partial charge in [-0.15, -0.1) is 0 Å². The van der Waals surface area contributed by atoms with Crippen LogP contribution in [-0.4, -0.2) is 22.2 Å². The quantitative estimate of drug-likeness (QED) is 0.686. The van der Waals surface area contributed by atoms with E-state index >= 15 is 0 Å². The maximum absolute atomic E-state index is 13.0. The van der Waals surface area contributed by atoms with Crippen molar-refractivity contribution in [1.82, 2.24) is 0 Å². The van der Waals surface area contributed by atoms with E-state index in [2.05, 4.69) is 0 Å². The lowest BCUT2D eigenvalue weighted by atomic mass is 9.86. The number of hydrogen-bond donors (Lipinski definition) is 1. The first-order valence-corrected chi connectivity index (χ1v) is 5.65. The molecule has 0 bridgehead atoms. The van der Waals surface area contributed by atoms with E-state index in [9.17, 15) is 28.4 Å². The third-order valence-electron chi connectivity index (χ3n) is 2.66. The van der Waals surface area contributed by atoms with Gasteiger partial charge in [0.2, 0.25) is 0 Å². The molecule has 1 N–H and O–H groups in total. The Morgan fingerprint density at radius 3 is 2.00 bits per heavy atom. The average Bonchev–Trinajstić information content (AvgIpc) is 2.23. The topological polar surface area (TPSA) is 63.4 Å². The Morgan fingerprint density at radius 1 is 1.26 bits per heavy atom. The summed E-state index contributed by atoms with van der Waals surface area (Å²) in [5, 5.41) is 20.1. The van der Waals surface area contributed by atoms with E-state index in [0.717, 1.165) is 18.2 Å². The van der Waals surface area contributed by atoms with Crippen molar-refractivity contribution in [2.75, 3.05) is 0 Å². The number of rotatable bonds is 3. The highest BCUT2D eigenvalue weighted by molar-refractivity contribution is 6.34. The molecule has 0 amide bonds.